The summed E-state index contributed by atoms with van der Waals surface area (Å²) < 4.78 is 13.5. The van der Waals surface area contributed by atoms with Crippen molar-refractivity contribution in [2.75, 3.05) is 20.3 Å². The van der Waals surface area contributed by atoms with Crippen molar-refractivity contribution in [3.8, 4) is 17.0 Å². The van der Waals surface area contributed by atoms with Crippen LogP contribution in [0.2, 0.25) is 0 Å². The highest BCUT2D eigenvalue weighted by Gasteiger charge is 2.26. The van der Waals surface area contributed by atoms with Gasteiger partial charge >= 0.3 is 0 Å². The molecule has 3 heterocycles. The Balaban J connectivity index is 1.76. The quantitative estimate of drug-likeness (QED) is 0.684. The van der Waals surface area contributed by atoms with E-state index >= 15 is 0 Å². The third kappa shape index (κ3) is 3.35. The number of hydrogen-bond acceptors (Lipinski definition) is 4. The fraction of sp³-hybridized carbons (Fsp3) is 0.364. The molecular formula is C22H25N3O2. The number of hydrogen-bond donors (Lipinski definition) is 0. The van der Waals surface area contributed by atoms with Gasteiger partial charge in [0.05, 0.1) is 43.7 Å². The fourth-order valence-electron chi connectivity index (χ4n) is 3.91. The molecular weight excluding hydrogens is 338 g/mol. The summed E-state index contributed by atoms with van der Waals surface area (Å²) in [6.07, 6.45) is 4.84. The van der Waals surface area contributed by atoms with E-state index in [1.54, 1.807) is 7.11 Å². The minimum Gasteiger partial charge on any atom is -0.496 e. The van der Waals surface area contributed by atoms with Gasteiger partial charge in [-0.05, 0) is 20.3 Å². The van der Waals surface area contributed by atoms with Crippen LogP contribution in [0.1, 0.15) is 34.9 Å². The highest BCUT2D eigenvalue weighted by atomic mass is 16.5. The standard InChI is InChI=1S/C22H25N3O2/c1-15-11-23-19(16(2)22(15)26-3)12-25-14-24-20(17-7-5-4-6-8-17)21(25)18-9-10-27-13-18/h4-8,11,14,18H,9-10,12-13H2,1-3H3. The van der Waals surface area contributed by atoms with Gasteiger partial charge < -0.3 is 14.0 Å². The number of pyridine rings is 1. The lowest BCUT2D eigenvalue weighted by Gasteiger charge is -2.17. The number of aryl methyl sites for hydroxylation is 1. The highest BCUT2D eigenvalue weighted by Crippen LogP contribution is 2.34. The third-order valence-corrected chi connectivity index (χ3v) is 5.31. The molecule has 0 N–H and O–H groups in total. The van der Waals surface area contributed by atoms with E-state index in [-0.39, 0.29) is 0 Å². The third-order valence-electron chi connectivity index (χ3n) is 5.31. The molecule has 0 saturated carbocycles. The summed E-state index contributed by atoms with van der Waals surface area (Å²) in [4.78, 5) is 9.44. The Labute approximate surface area is 160 Å². The molecule has 2 aromatic heterocycles. The lowest BCUT2D eigenvalue weighted by atomic mass is 9.99. The summed E-state index contributed by atoms with van der Waals surface area (Å²) in [6.45, 7) is 6.32. The number of ether oxygens (including phenoxy) is 2. The van der Waals surface area contributed by atoms with Gasteiger partial charge in [-0.15, -0.1) is 0 Å². The van der Waals surface area contributed by atoms with Crippen molar-refractivity contribution >= 4 is 0 Å². The number of rotatable bonds is 5. The molecule has 1 aliphatic rings. The molecule has 1 unspecified atom stereocenters. The molecule has 3 aromatic rings. The molecule has 4 rings (SSSR count). The van der Waals surface area contributed by atoms with E-state index in [9.17, 15) is 0 Å². The SMILES string of the molecule is COc1c(C)cnc(Cn2cnc(-c3ccccc3)c2C2CCOC2)c1C. The van der Waals surface area contributed by atoms with E-state index in [1.807, 2.05) is 25.5 Å². The van der Waals surface area contributed by atoms with Crippen LogP contribution in [0.5, 0.6) is 5.75 Å². The average molecular weight is 363 g/mol. The Hall–Kier alpha value is -2.66. The van der Waals surface area contributed by atoms with Crippen LogP contribution in [-0.2, 0) is 11.3 Å². The zero-order valence-corrected chi connectivity index (χ0v) is 16.1. The van der Waals surface area contributed by atoms with Crippen molar-refractivity contribution in [3.05, 3.63) is 65.4 Å². The Morgan fingerprint density at radius 1 is 1.19 bits per heavy atom. The maximum Gasteiger partial charge on any atom is 0.128 e. The first kappa shape index (κ1) is 17.7. The minimum atomic E-state index is 0.357. The second-order valence-electron chi connectivity index (χ2n) is 7.08. The van der Waals surface area contributed by atoms with Crippen molar-refractivity contribution in [1.29, 1.82) is 0 Å². The van der Waals surface area contributed by atoms with Crippen LogP contribution < -0.4 is 4.74 Å². The molecule has 0 amide bonds. The average Bonchev–Trinajstić information content (AvgIpc) is 3.35. The van der Waals surface area contributed by atoms with E-state index in [0.717, 1.165) is 53.5 Å². The summed E-state index contributed by atoms with van der Waals surface area (Å²) >= 11 is 0. The van der Waals surface area contributed by atoms with Crippen LogP contribution in [-0.4, -0.2) is 34.9 Å². The Bertz CT molecular complexity index is 928. The summed E-state index contributed by atoms with van der Waals surface area (Å²) in [5, 5.41) is 0. The van der Waals surface area contributed by atoms with Gasteiger partial charge in [0, 0.05) is 35.4 Å². The summed E-state index contributed by atoms with van der Waals surface area (Å²) in [7, 11) is 1.71. The molecule has 5 nitrogen and oxygen atoms in total. The molecule has 1 atom stereocenters. The van der Waals surface area contributed by atoms with E-state index < -0.39 is 0 Å². The van der Waals surface area contributed by atoms with Crippen LogP contribution in [0.3, 0.4) is 0 Å². The Morgan fingerprint density at radius 2 is 2.00 bits per heavy atom. The van der Waals surface area contributed by atoms with Gasteiger partial charge in [0.25, 0.3) is 0 Å². The van der Waals surface area contributed by atoms with Gasteiger partial charge in [-0.2, -0.15) is 0 Å². The smallest absolute Gasteiger partial charge is 0.128 e. The number of benzene rings is 1. The second kappa shape index (κ2) is 7.53. The molecule has 140 valence electrons. The van der Waals surface area contributed by atoms with Crippen molar-refractivity contribution in [3.63, 3.8) is 0 Å². The number of nitrogens with zero attached hydrogens (tertiary/aromatic N) is 3. The van der Waals surface area contributed by atoms with Crippen LogP contribution >= 0.6 is 0 Å². The highest BCUT2D eigenvalue weighted by molar-refractivity contribution is 5.62. The van der Waals surface area contributed by atoms with Gasteiger partial charge in [0.15, 0.2) is 0 Å². The zero-order valence-electron chi connectivity index (χ0n) is 16.1. The minimum absolute atomic E-state index is 0.357. The fourth-order valence-corrected chi connectivity index (χ4v) is 3.91. The molecule has 0 bridgehead atoms. The topological polar surface area (TPSA) is 49.2 Å². The van der Waals surface area contributed by atoms with Crippen LogP contribution in [0.15, 0.2) is 42.9 Å². The first-order chi connectivity index (χ1) is 13.2. The first-order valence-electron chi connectivity index (χ1n) is 9.36. The lowest BCUT2D eigenvalue weighted by molar-refractivity contribution is 0.193. The predicted octanol–water partition coefficient (Wildman–Crippen LogP) is 4.12. The lowest BCUT2D eigenvalue weighted by Crippen LogP contribution is -2.12. The molecule has 27 heavy (non-hydrogen) atoms. The van der Waals surface area contributed by atoms with Gasteiger partial charge in [0.2, 0.25) is 0 Å². The van der Waals surface area contributed by atoms with E-state index in [4.69, 9.17) is 14.5 Å². The normalized spacial score (nSPS) is 16.6. The number of methoxy groups -OCH3 is 1. The van der Waals surface area contributed by atoms with Crippen molar-refractivity contribution < 1.29 is 9.47 Å². The van der Waals surface area contributed by atoms with E-state index in [2.05, 4.69) is 40.7 Å². The second-order valence-corrected chi connectivity index (χ2v) is 7.08. The maximum absolute atomic E-state index is 5.68. The monoisotopic (exact) mass is 363 g/mol. The molecule has 5 heteroatoms. The van der Waals surface area contributed by atoms with Gasteiger partial charge in [-0.1, -0.05) is 30.3 Å². The summed E-state index contributed by atoms with van der Waals surface area (Å²) in [5.41, 5.74) is 6.57. The zero-order chi connectivity index (χ0) is 18.8. The number of aromatic nitrogens is 3. The van der Waals surface area contributed by atoms with Crippen LogP contribution in [0.4, 0.5) is 0 Å². The van der Waals surface area contributed by atoms with Crippen LogP contribution in [0, 0.1) is 13.8 Å². The molecule has 0 spiro atoms. The molecule has 1 saturated heterocycles. The first-order valence-corrected chi connectivity index (χ1v) is 9.36. The molecule has 1 fully saturated rings. The molecule has 0 radical (unpaired) electrons. The van der Waals surface area contributed by atoms with E-state index in [1.165, 1.54) is 5.69 Å². The molecule has 1 aliphatic heterocycles. The maximum atomic E-state index is 5.68. The van der Waals surface area contributed by atoms with Crippen LogP contribution in [0.25, 0.3) is 11.3 Å². The van der Waals surface area contributed by atoms with Gasteiger partial charge in [0.1, 0.15) is 5.75 Å². The van der Waals surface area contributed by atoms with Crippen molar-refractivity contribution in [1.82, 2.24) is 14.5 Å². The van der Waals surface area contributed by atoms with Gasteiger partial charge in [-0.3, -0.25) is 4.98 Å². The van der Waals surface area contributed by atoms with E-state index in [0.29, 0.717) is 12.5 Å². The summed E-state index contributed by atoms with van der Waals surface area (Å²) in [6, 6.07) is 10.4. The van der Waals surface area contributed by atoms with Crippen molar-refractivity contribution in [2.24, 2.45) is 0 Å². The summed E-state index contributed by atoms with van der Waals surface area (Å²) in [5.74, 6) is 1.27. The predicted molar refractivity (Wildman–Crippen MR) is 105 cm³/mol. The number of imidazole rings is 1. The van der Waals surface area contributed by atoms with Gasteiger partial charge in [-0.25, -0.2) is 4.98 Å². The molecule has 1 aromatic carbocycles. The Kier molecular flexibility index (Phi) is 4.94. The Morgan fingerprint density at radius 3 is 2.70 bits per heavy atom. The largest absolute Gasteiger partial charge is 0.496 e. The molecule has 0 aliphatic carbocycles. The van der Waals surface area contributed by atoms with Crippen molar-refractivity contribution in [2.45, 2.75) is 32.7 Å².